The Kier molecular flexibility index (Phi) is 3.28. The van der Waals surface area contributed by atoms with Crippen LogP contribution in [-0.2, 0) is 11.0 Å². The number of halogens is 3. The minimum Gasteiger partial charge on any atom is -0.481 e. The highest BCUT2D eigenvalue weighted by atomic mass is 19.4. The van der Waals surface area contributed by atoms with Gasteiger partial charge in [-0.3, -0.25) is 9.78 Å². The van der Waals surface area contributed by atoms with E-state index in [4.69, 9.17) is 5.11 Å². The van der Waals surface area contributed by atoms with E-state index in [1.165, 1.54) is 0 Å². The minimum atomic E-state index is -4.47. The average molecular weight is 259 g/mol. The van der Waals surface area contributed by atoms with Gasteiger partial charge in [0.15, 0.2) is 0 Å². The van der Waals surface area contributed by atoms with Crippen LogP contribution in [0.15, 0.2) is 18.5 Å². The second-order valence-corrected chi connectivity index (χ2v) is 4.44. The van der Waals surface area contributed by atoms with Crippen molar-refractivity contribution in [1.29, 1.82) is 0 Å². The van der Waals surface area contributed by atoms with Crippen LogP contribution in [0.4, 0.5) is 13.2 Å². The largest absolute Gasteiger partial charge is 0.481 e. The van der Waals surface area contributed by atoms with Crippen molar-refractivity contribution in [2.75, 3.05) is 0 Å². The van der Waals surface area contributed by atoms with Crippen LogP contribution < -0.4 is 0 Å². The van der Waals surface area contributed by atoms with Crippen LogP contribution in [-0.4, -0.2) is 16.1 Å². The van der Waals surface area contributed by atoms with Gasteiger partial charge >= 0.3 is 12.1 Å². The van der Waals surface area contributed by atoms with Crippen LogP contribution in [0.25, 0.3) is 0 Å². The Labute approximate surface area is 102 Å². The summed E-state index contributed by atoms with van der Waals surface area (Å²) in [4.78, 5) is 14.7. The van der Waals surface area contributed by atoms with Gasteiger partial charge in [0.2, 0.25) is 0 Å². The molecular formula is C12H12F3NO2. The first-order valence-electron chi connectivity index (χ1n) is 5.65. The fourth-order valence-electron chi connectivity index (χ4n) is 2.59. The number of aromatic nitrogens is 1. The second kappa shape index (κ2) is 4.59. The van der Waals surface area contributed by atoms with E-state index < -0.39 is 29.5 Å². The number of aliphatic carboxylic acids is 1. The van der Waals surface area contributed by atoms with Crippen molar-refractivity contribution in [2.45, 2.75) is 31.4 Å². The van der Waals surface area contributed by atoms with Gasteiger partial charge in [-0.1, -0.05) is 6.42 Å². The van der Waals surface area contributed by atoms with Crippen LogP contribution in [0.5, 0.6) is 0 Å². The normalized spacial score (nSPS) is 24.2. The molecular weight excluding hydrogens is 247 g/mol. The van der Waals surface area contributed by atoms with Gasteiger partial charge in [0, 0.05) is 12.4 Å². The minimum absolute atomic E-state index is 0.00917. The molecule has 0 radical (unpaired) electrons. The summed E-state index contributed by atoms with van der Waals surface area (Å²) < 4.78 is 38.6. The Morgan fingerprint density at radius 3 is 2.72 bits per heavy atom. The lowest BCUT2D eigenvalue weighted by molar-refractivity contribution is -0.143. The Bertz CT molecular complexity index is 459. The van der Waals surface area contributed by atoms with E-state index in [9.17, 15) is 18.0 Å². The maximum Gasteiger partial charge on any atom is 0.416 e. The molecule has 6 heteroatoms. The molecule has 1 aromatic rings. The molecule has 1 fully saturated rings. The van der Waals surface area contributed by atoms with E-state index in [2.05, 4.69) is 4.98 Å². The van der Waals surface area contributed by atoms with E-state index in [0.717, 1.165) is 18.5 Å². The Morgan fingerprint density at radius 1 is 1.39 bits per heavy atom. The molecule has 18 heavy (non-hydrogen) atoms. The van der Waals surface area contributed by atoms with Gasteiger partial charge in [-0.25, -0.2) is 0 Å². The average Bonchev–Trinajstić information content (AvgIpc) is 2.76. The fraction of sp³-hybridized carbons (Fsp3) is 0.500. The van der Waals surface area contributed by atoms with Crippen LogP contribution in [0.1, 0.15) is 36.3 Å². The number of pyridine rings is 1. The fourth-order valence-corrected chi connectivity index (χ4v) is 2.59. The number of rotatable bonds is 2. The maximum absolute atomic E-state index is 12.9. The van der Waals surface area contributed by atoms with E-state index >= 15 is 0 Å². The molecule has 1 aliphatic rings. The van der Waals surface area contributed by atoms with Crippen molar-refractivity contribution >= 4 is 5.97 Å². The predicted molar refractivity (Wildman–Crippen MR) is 57.0 cm³/mol. The molecule has 2 atom stereocenters. The number of carboxylic acids is 1. The summed E-state index contributed by atoms with van der Waals surface area (Å²) in [5.41, 5.74) is -0.759. The highest BCUT2D eigenvalue weighted by molar-refractivity contribution is 5.72. The second-order valence-electron chi connectivity index (χ2n) is 4.44. The Balaban J connectivity index is 2.42. The van der Waals surface area contributed by atoms with Gasteiger partial charge in [-0.2, -0.15) is 13.2 Å². The maximum atomic E-state index is 12.9. The standard InChI is InChI=1S/C12H12F3NO2/c13-12(14,15)10-4-5-16-6-9(10)7-2-1-3-8(7)11(17)18/h4-8H,1-3H2,(H,17,18). The van der Waals surface area contributed by atoms with E-state index in [1.54, 1.807) is 0 Å². The third-order valence-corrected chi connectivity index (χ3v) is 3.39. The molecule has 98 valence electrons. The van der Waals surface area contributed by atoms with Crippen LogP contribution in [0, 0.1) is 5.92 Å². The first kappa shape index (κ1) is 12.9. The molecule has 2 unspecified atom stereocenters. The molecule has 0 saturated heterocycles. The van der Waals surface area contributed by atoms with Gasteiger partial charge in [0.05, 0.1) is 11.5 Å². The van der Waals surface area contributed by atoms with Crippen molar-refractivity contribution in [3.63, 3.8) is 0 Å². The molecule has 1 aromatic heterocycles. The zero-order chi connectivity index (χ0) is 13.3. The molecule has 1 saturated carbocycles. The molecule has 0 spiro atoms. The molecule has 0 amide bonds. The zero-order valence-electron chi connectivity index (χ0n) is 9.44. The van der Waals surface area contributed by atoms with Gasteiger partial charge in [-0.05, 0) is 30.4 Å². The summed E-state index contributed by atoms with van der Waals surface area (Å²) in [5, 5.41) is 9.04. The van der Waals surface area contributed by atoms with Crippen molar-refractivity contribution in [3.8, 4) is 0 Å². The van der Waals surface area contributed by atoms with Gasteiger partial charge in [-0.15, -0.1) is 0 Å². The highest BCUT2D eigenvalue weighted by Gasteiger charge is 2.40. The molecule has 0 bridgehead atoms. The molecule has 1 aliphatic carbocycles. The third kappa shape index (κ3) is 2.32. The number of carboxylic acid groups (broad SMARTS) is 1. The lowest BCUT2D eigenvalue weighted by Crippen LogP contribution is -2.20. The molecule has 3 nitrogen and oxygen atoms in total. The first-order valence-corrected chi connectivity index (χ1v) is 5.65. The lowest BCUT2D eigenvalue weighted by atomic mass is 9.87. The third-order valence-electron chi connectivity index (χ3n) is 3.39. The van der Waals surface area contributed by atoms with Crippen molar-refractivity contribution in [3.05, 3.63) is 29.6 Å². The summed E-state index contributed by atoms with van der Waals surface area (Å²) >= 11 is 0. The Hall–Kier alpha value is -1.59. The van der Waals surface area contributed by atoms with E-state index in [0.29, 0.717) is 19.3 Å². The van der Waals surface area contributed by atoms with Gasteiger partial charge in [0.25, 0.3) is 0 Å². The van der Waals surface area contributed by atoms with Gasteiger partial charge < -0.3 is 5.11 Å². The van der Waals surface area contributed by atoms with Crippen molar-refractivity contribution < 1.29 is 23.1 Å². The van der Waals surface area contributed by atoms with Gasteiger partial charge in [0.1, 0.15) is 0 Å². The van der Waals surface area contributed by atoms with Crippen molar-refractivity contribution in [1.82, 2.24) is 4.98 Å². The summed E-state index contributed by atoms with van der Waals surface area (Å²) in [5.74, 6) is -2.36. The van der Waals surface area contributed by atoms with Crippen LogP contribution >= 0.6 is 0 Å². The number of alkyl halides is 3. The molecule has 0 aromatic carbocycles. The van der Waals surface area contributed by atoms with Crippen LogP contribution in [0.3, 0.4) is 0 Å². The predicted octanol–water partition coefficient (Wildman–Crippen LogP) is 3.07. The highest BCUT2D eigenvalue weighted by Crippen LogP contribution is 2.44. The van der Waals surface area contributed by atoms with E-state index in [1.807, 2.05) is 0 Å². The van der Waals surface area contributed by atoms with Crippen molar-refractivity contribution in [2.24, 2.45) is 5.92 Å². The van der Waals surface area contributed by atoms with Crippen LogP contribution in [0.2, 0.25) is 0 Å². The number of hydrogen-bond acceptors (Lipinski definition) is 2. The molecule has 0 aliphatic heterocycles. The molecule has 1 heterocycles. The first-order chi connectivity index (χ1) is 8.41. The lowest BCUT2D eigenvalue weighted by Gasteiger charge is -2.20. The quantitative estimate of drug-likeness (QED) is 0.888. The smallest absolute Gasteiger partial charge is 0.416 e. The number of carbonyl (C=O) groups is 1. The summed E-state index contributed by atoms with van der Waals surface area (Å²) in [6.45, 7) is 0. The monoisotopic (exact) mass is 259 g/mol. The summed E-state index contributed by atoms with van der Waals surface area (Å²) in [6, 6.07) is 0.909. The number of nitrogens with zero attached hydrogens (tertiary/aromatic N) is 1. The SMILES string of the molecule is O=C(O)C1CCCC1c1cnccc1C(F)(F)F. The van der Waals surface area contributed by atoms with E-state index in [-0.39, 0.29) is 5.56 Å². The topological polar surface area (TPSA) is 50.2 Å². The molecule has 1 N–H and O–H groups in total. The number of hydrogen-bond donors (Lipinski definition) is 1. The Morgan fingerprint density at radius 2 is 2.11 bits per heavy atom. The summed E-state index contributed by atoms with van der Waals surface area (Å²) in [7, 11) is 0. The molecule has 2 rings (SSSR count). The summed E-state index contributed by atoms with van der Waals surface area (Å²) in [6.07, 6.45) is -0.721. The zero-order valence-corrected chi connectivity index (χ0v) is 9.44.